The van der Waals surface area contributed by atoms with Crippen LogP contribution in [0, 0.1) is 6.92 Å². The van der Waals surface area contributed by atoms with Crippen LogP contribution in [0.2, 0.25) is 5.15 Å². The molecule has 3 rings (SSSR count). The third kappa shape index (κ3) is 2.05. The van der Waals surface area contributed by atoms with Crippen molar-refractivity contribution in [2.45, 2.75) is 6.92 Å². The topological polar surface area (TPSA) is 25.8 Å². The molecule has 0 spiro atoms. The van der Waals surface area contributed by atoms with E-state index in [1.54, 1.807) is 11.3 Å². The lowest BCUT2D eigenvalue weighted by atomic mass is 10.1. The molecule has 18 heavy (non-hydrogen) atoms. The van der Waals surface area contributed by atoms with Gasteiger partial charge in [-0.3, -0.25) is 0 Å². The number of halogens is 2. The second-order valence-electron chi connectivity index (χ2n) is 3.90. The van der Waals surface area contributed by atoms with Gasteiger partial charge in [-0.2, -0.15) is 0 Å². The van der Waals surface area contributed by atoms with Crippen molar-refractivity contribution < 1.29 is 0 Å². The minimum absolute atomic E-state index is 0.525. The quantitative estimate of drug-likeness (QED) is 0.578. The molecular weight excluding hydrogens is 332 g/mol. The molecule has 1 aromatic carbocycles. The minimum atomic E-state index is 0.525. The van der Waals surface area contributed by atoms with E-state index in [0.717, 1.165) is 25.8 Å². The molecule has 0 atom stereocenters. The Morgan fingerprint density at radius 3 is 2.61 bits per heavy atom. The average molecular weight is 340 g/mol. The van der Waals surface area contributed by atoms with Crippen LogP contribution in [0.5, 0.6) is 0 Å². The van der Waals surface area contributed by atoms with Crippen LogP contribution in [0.1, 0.15) is 5.82 Å². The molecule has 0 amide bonds. The van der Waals surface area contributed by atoms with Crippen LogP contribution in [0.4, 0.5) is 0 Å². The molecule has 0 aliphatic rings. The van der Waals surface area contributed by atoms with Crippen molar-refractivity contribution in [3.05, 3.63) is 45.1 Å². The molecule has 0 fully saturated rings. The van der Waals surface area contributed by atoms with Crippen molar-refractivity contribution in [2.75, 3.05) is 0 Å². The molecule has 90 valence electrons. The molecule has 0 saturated carbocycles. The zero-order chi connectivity index (χ0) is 12.7. The lowest BCUT2D eigenvalue weighted by Crippen LogP contribution is -1.88. The number of fused-ring (bicyclic) bond motifs is 1. The van der Waals surface area contributed by atoms with E-state index in [9.17, 15) is 0 Å². The second kappa shape index (κ2) is 4.61. The molecule has 2 heterocycles. The van der Waals surface area contributed by atoms with Crippen molar-refractivity contribution in [3.8, 4) is 11.1 Å². The summed E-state index contributed by atoms with van der Waals surface area (Å²) in [6.45, 7) is 1.85. The van der Waals surface area contributed by atoms with E-state index >= 15 is 0 Å². The van der Waals surface area contributed by atoms with Gasteiger partial charge >= 0.3 is 0 Å². The maximum absolute atomic E-state index is 6.24. The molecule has 0 bridgehead atoms. The highest BCUT2D eigenvalue weighted by Gasteiger charge is 2.12. The van der Waals surface area contributed by atoms with Gasteiger partial charge in [0.05, 0.1) is 5.39 Å². The van der Waals surface area contributed by atoms with Crippen molar-refractivity contribution >= 4 is 49.1 Å². The van der Waals surface area contributed by atoms with Crippen LogP contribution in [-0.4, -0.2) is 9.97 Å². The van der Waals surface area contributed by atoms with Crippen molar-refractivity contribution in [2.24, 2.45) is 0 Å². The van der Waals surface area contributed by atoms with Crippen LogP contribution >= 0.6 is 38.9 Å². The normalized spacial score (nSPS) is 11.1. The molecule has 5 heteroatoms. The zero-order valence-corrected chi connectivity index (χ0v) is 12.6. The summed E-state index contributed by atoms with van der Waals surface area (Å²) >= 11 is 11.3. The number of nitrogens with zero attached hydrogens (tertiary/aromatic N) is 2. The molecule has 3 aromatic rings. The first-order valence-corrected chi connectivity index (χ1v) is 7.37. The Balaban J connectivity index is 2.27. The molecule has 0 unspecified atom stereocenters. The summed E-state index contributed by atoms with van der Waals surface area (Å²) in [6.07, 6.45) is 0. The van der Waals surface area contributed by atoms with Gasteiger partial charge in [0.15, 0.2) is 0 Å². The third-order valence-corrected chi connectivity index (χ3v) is 4.33. The molecule has 0 saturated heterocycles. The Bertz CT molecular complexity index is 722. The van der Waals surface area contributed by atoms with Crippen LogP contribution < -0.4 is 0 Å². The fourth-order valence-electron chi connectivity index (χ4n) is 1.84. The second-order valence-corrected chi connectivity index (χ2v) is 6.03. The fourth-order valence-corrected chi connectivity index (χ4v) is 3.47. The Hall–Kier alpha value is -0.970. The highest BCUT2D eigenvalue weighted by molar-refractivity contribution is 9.10. The number of hydrogen-bond acceptors (Lipinski definition) is 3. The molecule has 0 aliphatic carbocycles. The number of aromatic nitrogens is 2. The minimum Gasteiger partial charge on any atom is -0.222 e. The molecule has 0 N–H and O–H groups in total. The monoisotopic (exact) mass is 338 g/mol. The Morgan fingerprint density at radius 2 is 1.89 bits per heavy atom. The number of rotatable bonds is 1. The molecule has 2 nitrogen and oxygen atoms in total. The standard InChI is InChI=1S/C13H8BrClN2S/c1-7-16-12(15)11-10(6-18-13(11)17-7)8-2-4-9(14)5-3-8/h2-6H,1H3. The number of benzene rings is 1. The maximum atomic E-state index is 6.24. The first kappa shape index (κ1) is 12.1. The Kier molecular flexibility index (Phi) is 3.09. The smallest absolute Gasteiger partial charge is 0.142 e. The number of hydrogen-bond donors (Lipinski definition) is 0. The summed E-state index contributed by atoms with van der Waals surface area (Å²) in [5.41, 5.74) is 2.21. The molecule has 2 aromatic heterocycles. The van der Waals surface area contributed by atoms with Crippen LogP contribution in [0.3, 0.4) is 0 Å². The summed E-state index contributed by atoms with van der Waals surface area (Å²) in [6, 6.07) is 8.15. The summed E-state index contributed by atoms with van der Waals surface area (Å²) in [5.74, 6) is 0.705. The lowest BCUT2D eigenvalue weighted by Gasteiger charge is -2.02. The van der Waals surface area contributed by atoms with E-state index < -0.39 is 0 Å². The van der Waals surface area contributed by atoms with E-state index in [1.165, 1.54) is 0 Å². The van der Waals surface area contributed by atoms with E-state index in [0.29, 0.717) is 11.0 Å². The van der Waals surface area contributed by atoms with Gasteiger partial charge in [-0.05, 0) is 24.6 Å². The number of aryl methyl sites for hydroxylation is 1. The van der Waals surface area contributed by atoms with Gasteiger partial charge < -0.3 is 0 Å². The molecular formula is C13H8BrClN2S. The van der Waals surface area contributed by atoms with E-state index in [2.05, 4.69) is 43.4 Å². The van der Waals surface area contributed by atoms with Gasteiger partial charge in [-0.15, -0.1) is 11.3 Å². The van der Waals surface area contributed by atoms with Gasteiger partial charge in [0.1, 0.15) is 15.8 Å². The summed E-state index contributed by atoms with van der Waals surface area (Å²) in [4.78, 5) is 9.58. The van der Waals surface area contributed by atoms with Gasteiger partial charge in [-0.1, -0.05) is 39.7 Å². The largest absolute Gasteiger partial charge is 0.222 e. The summed E-state index contributed by atoms with van der Waals surface area (Å²) in [5, 5.41) is 3.54. The van der Waals surface area contributed by atoms with Crippen molar-refractivity contribution in [3.63, 3.8) is 0 Å². The van der Waals surface area contributed by atoms with E-state index in [4.69, 9.17) is 11.6 Å². The third-order valence-electron chi connectivity index (χ3n) is 2.66. The number of thiophene rings is 1. The van der Waals surface area contributed by atoms with Crippen LogP contribution in [0.15, 0.2) is 34.1 Å². The van der Waals surface area contributed by atoms with Crippen molar-refractivity contribution in [1.82, 2.24) is 9.97 Å². The van der Waals surface area contributed by atoms with E-state index in [-0.39, 0.29) is 0 Å². The summed E-state index contributed by atoms with van der Waals surface area (Å²) < 4.78 is 1.06. The average Bonchev–Trinajstić information content (AvgIpc) is 2.74. The lowest BCUT2D eigenvalue weighted by molar-refractivity contribution is 1.10. The van der Waals surface area contributed by atoms with Gasteiger partial charge in [-0.25, -0.2) is 9.97 Å². The highest BCUT2D eigenvalue weighted by Crippen LogP contribution is 2.36. The molecule has 0 aliphatic heterocycles. The zero-order valence-electron chi connectivity index (χ0n) is 9.45. The van der Waals surface area contributed by atoms with Crippen molar-refractivity contribution in [1.29, 1.82) is 0 Å². The molecule has 0 radical (unpaired) electrons. The van der Waals surface area contributed by atoms with E-state index in [1.807, 2.05) is 19.1 Å². The predicted molar refractivity (Wildman–Crippen MR) is 80.3 cm³/mol. The Morgan fingerprint density at radius 1 is 1.17 bits per heavy atom. The van der Waals surface area contributed by atoms with Crippen LogP contribution in [-0.2, 0) is 0 Å². The summed E-state index contributed by atoms with van der Waals surface area (Å²) in [7, 11) is 0. The maximum Gasteiger partial charge on any atom is 0.142 e. The predicted octanol–water partition coefficient (Wildman–Crippen LogP) is 5.08. The van der Waals surface area contributed by atoms with Crippen LogP contribution in [0.25, 0.3) is 21.3 Å². The first-order chi connectivity index (χ1) is 8.65. The fraction of sp³-hybridized carbons (Fsp3) is 0.0769. The SMILES string of the molecule is Cc1nc(Cl)c2c(-c3ccc(Br)cc3)csc2n1. The van der Waals surface area contributed by atoms with Gasteiger partial charge in [0.25, 0.3) is 0 Å². The van der Waals surface area contributed by atoms with Gasteiger partial charge in [0, 0.05) is 15.4 Å². The first-order valence-electron chi connectivity index (χ1n) is 5.32. The van der Waals surface area contributed by atoms with Gasteiger partial charge in [0.2, 0.25) is 0 Å². The Labute approximate surface area is 122 Å². The highest BCUT2D eigenvalue weighted by atomic mass is 79.9.